The lowest BCUT2D eigenvalue weighted by atomic mass is 10.1. The molecule has 4 nitrogen and oxygen atoms in total. The molecule has 0 aliphatic carbocycles. The first-order valence-electron chi connectivity index (χ1n) is 10.4. The quantitative estimate of drug-likeness (QED) is 0.393. The summed E-state index contributed by atoms with van der Waals surface area (Å²) in [6.07, 6.45) is 2.91. The zero-order valence-electron chi connectivity index (χ0n) is 18.6. The van der Waals surface area contributed by atoms with E-state index < -0.39 is 19.1 Å². The predicted octanol–water partition coefficient (Wildman–Crippen LogP) is 5.95. The van der Waals surface area contributed by atoms with Crippen LogP contribution >= 0.6 is 0 Å². The molecule has 0 bridgehead atoms. The summed E-state index contributed by atoms with van der Waals surface area (Å²) in [6.45, 7) is 12.7. The fourth-order valence-corrected chi connectivity index (χ4v) is 4.98. The van der Waals surface area contributed by atoms with Gasteiger partial charge in [0.05, 0.1) is 10.8 Å². The number of nitrogens with one attached hydrogen (secondary N) is 1. The molecule has 2 aromatic rings. The van der Waals surface area contributed by atoms with Crippen LogP contribution in [0.5, 0.6) is 0 Å². The van der Waals surface area contributed by atoms with Crippen molar-refractivity contribution in [3.8, 4) is 0 Å². The summed E-state index contributed by atoms with van der Waals surface area (Å²) in [5.74, 6) is -0.190. The van der Waals surface area contributed by atoms with Gasteiger partial charge >= 0.3 is 0 Å². The van der Waals surface area contributed by atoms with E-state index in [2.05, 4.69) is 46.3 Å². The maximum Gasteiger partial charge on any atom is 0.243 e. The van der Waals surface area contributed by atoms with Gasteiger partial charge in [-0.05, 0) is 47.5 Å². The van der Waals surface area contributed by atoms with Crippen LogP contribution < -0.4 is 5.48 Å². The maximum atomic E-state index is 13.3. The van der Waals surface area contributed by atoms with Gasteiger partial charge in [-0.1, -0.05) is 70.9 Å². The second-order valence-electron chi connectivity index (χ2n) is 9.16. The molecule has 2 aromatic carbocycles. The van der Waals surface area contributed by atoms with E-state index in [4.69, 9.17) is 4.53 Å². The van der Waals surface area contributed by atoms with Gasteiger partial charge in [0.2, 0.25) is 14.2 Å². The van der Waals surface area contributed by atoms with Crippen LogP contribution in [0.4, 0.5) is 0 Å². The minimum atomic E-state index is -2.07. The van der Waals surface area contributed by atoms with E-state index in [1.807, 2.05) is 42.5 Å². The average Bonchev–Trinajstić information content (AvgIpc) is 2.67. The van der Waals surface area contributed by atoms with Gasteiger partial charge in [0.25, 0.3) is 0 Å². The lowest BCUT2D eigenvalue weighted by Crippen LogP contribution is -2.47. The summed E-state index contributed by atoms with van der Waals surface area (Å²) in [5, 5.41) is 1.98. The van der Waals surface area contributed by atoms with E-state index in [0.29, 0.717) is 0 Å². The first-order valence-corrected chi connectivity index (χ1v) is 14.5. The molecule has 0 radical (unpaired) electrons. The second-order valence-corrected chi connectivity index (χ2v) is 15.6. The van der Waals surface area contributed by atoms with Gasteiger partial charge < -0.3 is 4.53 Å². The third-order valence-corrected chi connectivity index (χ3v) is 11.7. The Bertz CT molecular complexity index is 861. The van der Waals surface area contributed by atoms with E-state index in [9.17, 15) is 9.00 Å². The van der Waals surface area contributed by atoms with Crippen molar-refractivity contribution < 1.29 is 13.5 Å². The van der Waals surface area contributed by atoms with Crippen molar-refractivity contribution in [2.24, 2.45) is 0 Å². The van der Waals surface area contributed by atoms with E-state index in [-0.39, 0.29) is 22.6 Å². The summed E-state index contributed by atoms with van der Waals surface area (Å²) in [5.41, 5.74) is 2.66. The van der Waals surface area contributed by atoms with Crippen LogP contribution in [-0.2, 0) is 20.1 Å². The van der Waals surface area contributed by atoms with Gasteiger partial charge in [0, 0.05) is 16.6 Å². The fraction of sp³-hybridized carbons (Fsp3) is 0.522. The Labute approximate surface area is 179 Å². The Morgan fingerprint density at radius 3 is 2.41 bits per heavy atom. The largest absolute Gasteiger partial charge is 0.320 e. The molecule has 0 aromatic heterocycles. The number of hydroxylamine groups is 1. The Kier molecular flexibility index (Phi) is 8.20. The number of carbonyl (C=O) groups is 1. The van der Waals surface area contributed by atoms with Gasteiger partial charge in [-0.15, -0.1) is 0 Å². The summed E-state index contributed by atoms with van der Waals surface area (Å²) in [4.78, 5) is 13.4. The number of fused-ring (bicyclic) bond motifs is 1. The number of benzene rings is 2. The van der Waals surface area contributed by atoms with E-state index in [1.165, 1.54) is 0 Å². The normalized spacial score (nSPS) is 14.6. The van der Waals surface area contributed by atoms with Crippen LogP contribution in [-0.4, -0.2) is 23.7 Å². The van der Waals surface area contributed by atoms with Crippen molar-refractivity contribution in [3.63, 3.8) is 0 Å². The molecule has 160 valence electrons. The monoisotopic (exact) mass is 433 g/mol. The Morgan fingerprint density at radius 1 is 1.14 bits per heavy atom. The molecule has 0 saturated carbocycles. The van der Waals surface area contributed by atoms with Gasteiger partial charge in [-0.25, -0.2) is 5.48 Å². The molecule has 2 unspecified atom stereocenters. The van der Waals surface area contributed by atoms with Gasteiger partial charge in [0.1, 0.15) is 0 Å². The highest BCUT2D eigenvalue weighted by Gasteiger charge is 2.39. The molecule has 2 atom stereocenters. The lowest BCUT2D eigenvalue weighted by Gasteiger charge is -2.35. The van der Waals surface area contributed by atoms with Crippen LogP contribution in [0.3, 0.4) is 0 Å². The maximum absolute atomic E-state index is 13.3. The number of rotatable bonds is 9. The van der Waals surface area contributed by atoms with E-state index in [1.54, 1.807) is 0 Å². The van der Waals surface area contributed by atoms with Crippen LogP contribution in [0.15, 0.2) is 47.4 Å². The first kappa shape index (κ1) is 23.8. The molecule has 6 heteroatoms. The van der Waals surface area contributed by atoms with Crippen LogP contribution in [0.25, 0.3) is 10.8 Å². The SMILES string of the molecule is CCCCC(CC(=O)NO[Si](C)(C)C(C)(C)C)S(=O)c1ccc2ccccc2c1. The van der Waals surface area contributed by atoms with Crippen molar-refractivity contribution >= 4 is 35.8 Å². The number of carbonyl (C=O) groups excluding carboxylic acids is 1. The Morgan fingerprint density at radius 2 is 1.79 bits per heavy atom. The Balaban J connectivity index is 2.11. The summed E-state index contributed by atoms with van der Waals surface area (Å²) in [7, 11) is -3.32. The molecular weight excluding hydrogens is 398 g/mol. The second kappa shape index (κ2) is 10.0. The summed E-state index contributed by atoms with van der Waals surface area (Å²) in [6, 6.07) is 13.9. The van der Waals surface area contributed by atoms with Crippen molar-refractivity contribution in [2.75, 3.05) is 0 Å². The minimum Gasteiger partial charge on any atom is -0.320 e. The molecule has 0 heterocycles. The zero-order valence-corrected chi connectivity index (χ0v) is 20.4. The van der Waals surface area contributed by atoms with E-state index in [0.717, 1.165) is 34.9 Å². The van der Waals surface area contributed by atoms with Gasteiger partial charge in [-0.3, -0.25) is 9.00 Å². The highest BCUT2D eigenvalue weighted by atomic mass is 32.2. The molecule has 0 aliphatic rings. The third kappa shape index (κ3) is 6.49. The zero-order chi connectivity index (χ0) is 21.7. The van der Waals surface area contributed by atoms with Gasteiger partial charge in [0.15, 0.2) is 0 Å². The highest BCUT2D eigenvalue weighted by molar-refractivity contribution is 7.85. The number of unbranched alkanes of at least 4 members (excludes halogenated alkanes) is 1. The number of hydrogen-bond acceptors (Lipinski definition) is 3. The molecule has 1 amide bonds. The van der Waals surface area contributed by atoms with E-state index >= 15 is 0 Å². The fourth-order valence-electron chi connectivity index (χ4n) is 2.79. The van der Waals surface area contributed by atoms with Crippen LogP contribution in [0, 0.1) is 0 Å². The highest BCUT2D eigenvalue weighted by Crippen LogP contribution is 2.35. The summed E-state index contributed by atoms with van der Waals surface area (Å²) < 4.78 is 19.1. The molecule has 0 spiro atoms. The smallest absolute Gasteiger partial charge is 0.243 e. The predicted molar refractivity (Wildman–Crippen MR) is 125 cm³/mol. The van der Waals surface area contributed by atoms with Crippen molar-refractivity contribution in [2.45, 2.75) is 81.7 Å². The molecule has 0 fully saturated rings. The first-order chi connectivity index (χ1) is 13.5. The molecule has 2 rings (SSSR count). The standard InChI is InChI=1S/C23H35NO3SSi/c1-7-8-13-20(17-22(25)24-27-29(5,6)23(2,3)4)28(26)21-15-14-18-11-9-10-12-19(18)16-21/h9-12,14-16,20H,7-8,13,17H2,1-6H3,(H,24,25). The minimum absolute atomic E-state index is 0.00973. The molecule has 0 aliphatic heterocycles. The molecular formula is C23H35NO3SSi. The van der Waals surface area contributed by atoms with Gasteiger partial charge in [-0.2, -0.15) is 0 Å². The molecule has 0 saturated heterocycles. The lowest BCUT2D eigenvalue weighted by molar-refractivity contribution is -0.128. The molecule has 29 heavy (non-hydrogen) atoms. The van der Waals surface area contributed by atoms with Crippen LogP contribution in [0.1, 0.15) is 53.4 Å². The number of hydrogen-bond donors (Lipinski definition) is 1. The van der Waals surface area contributed by atoms with Crippen molar-refractivity contribution in [1.82, 2.24) is 5.48 Å². The number of amides is 1. The van der Waals surface area contributed by atoms with Crippen LogP contribution in [0.2, 0.25) is 18.1 Å². The summed E-state index contributed by atoms with van der Waals surface area (Å²) >= 11 is 0. The molecule has 1 N–H and O–H groups in total. The Hall–Kier alpha value is -1.50. The average molecular weight is 434 g/mol. The third-order valence-electron chi connectivity index (χ3n) is 5.77. The van der Waals surface area contributed by atoms with Crippen molar-refractivity contribution in [1.29, 1.82) is 0 Å². The topological polar surface area (TPSA) is 55.4 Å². The van der Waals surface area contributed by atoms with Crippen molar-refractivity contribution in [3.05, 3.63) is 42.5 Å².